The molecular formula is C12H17FN2. The SMILES string of the molecule is CCCC(=N)N(CC)c1cccc(F)c1. The fraction of sp³-hybridized carbons (Fsp3) is 0.417. The molecule has 0 atom stereocenters. The first-order valence-electron chi connectivity index (χ1n) is 5.29. The first-order chi connectivity index (χ1) is 7.19. The van der Waals surface area contributed by atoms with E-state index in [9.17, 15) is 4.39 Å². The Bertz CT molecular complexity index is 336. The van der Waals surface area contributed by atoms with Crippen LogP contribution in [-0.2, 0) is 0 Å². The van der Waals surface area contributed by atoms with Gasteiger partial charge >= 0.3 is 0 Å². The largest absolute Gasteiger partial charge is 0.331 e. The number of hydrogen-bond acceptors (Lipinski definition) is 1. The number of halogens is 1. The van der Waals surface area contributed by atoms with Gasteiger partial charge in [-0.2, -0.15) is 0 Å². The van der Waals surface area contributed by atoms with Crippen LogP contribution in [0.5, 0.6) is 0 Å². The maximum absolute atomic E-state index is 13.0. The summed E-state index contributed by atoms with van der Waals surface area (Å²) in [5, 5.41) is 7.86. The highest BCUT2D eigenvalue weighted by molar-refractivity contribution is 5.95. The lowest BCUT2D eigenvalue weighted by Crippen LogP contribution is -2.29. The average Bonchev–Trinajstić information content (AvgIpc) is 2.19. The van der Waals surface area contributed by atoms with Crippen molar-refractivity contribution in [2.24, 2.45) is 0 Å². The van der Waals surface area contributed by atoms with E-state index in [4.69, 9.17) is 5.41 Å². The van der Waals surface area contributed by atoms with Gasteiger partial charge in [0.05, 0.1) is 0 Å². The van der Waals surface area contributed by atoms with E-state index in [0.29, 0.717) is 12.4 Å². The van der Waals surface area contributed by atoms with E-state index in [0.717, 1.165) is 18.5 Å². The number of nitrogens with one attached hydrogen (secondary N) is 1. The highest BCUT2D eigenvalue weighted by Gasteiger charge is 2.09. The lowest BCUT2D eigenvalue weighted by atomic mass is 10.2. The Labute approximate surface area is 90.2 Å². The van der Waals surface area contributed by atoms with Gasteiger partial charge in [0.15, 0.2) is 0 Å². The molecule has 0 bridgehead atoms. The Hall–Kier alpha value is -1.38. The molecule has 0 saturated carbocycles. The predicted molar refractivity (Wildman–Crippen MR) is 62.1 cm³/mol. The van der Waals surface area contributed by atoms with Gasteiger partial charge < -0.3 is 4.90 Å². The Kier molecular flexibility index (Phi) is 4.28. The topological polar surface area (TPSA) is 27.1 Å². The first-order valence-corrected chi connectivity index (χ1v) is 5.29. The van der Waals surface area contributed by atoms with Gasteiger partial charge in [0.25, 0.3) is 0 Å². The quantitative estimate of drug-likeness (QED) is 0.595. The van der Waals surface area contributed by atoms with Crippen molar-refractivity contribution in [2.75, 3.05) is 11.4 Å². The summed E-state index contributed by atoms with van der Waals surface area (Å²) in [6.07, 6.45) is 1.66. The maximum Gasteiger partial charge on any atom is 0.125 e. The highest BCUT2D eigenvalue weighted by atomic mass is 19.1. The summed E-state index contributed by atoms with van der Waals surface area (Å²) in [5.41, 5.74) is 0.760. The van der Waals surface area contributed by atoms with Gasteiger partial charge in [0.2, 0.25) is 0 Å². The van der Waals surface area contributed by atoms with Gasteiger partial charge in [0, 0.05) is 18.7 Å². The third-order valence-corrected chi connectivity index (χ3v) is 2.25. The third-order valence-electron chi connectivity index (χ3n) is 2.25. The molecule has 2 nitrogen and oxygen atoms in total. The zero-order valence-corrected chi connectivity index (χ0v) is 9.26. The van der Waals surface area contributed by atoms with Crippen LogP contribution in [-0.4, -0.2) is 12.4 Å². The molecule has 0 aromatic heterocycles. The van der Waals surface area contributed by atoms with Crippen molar-refractivity contribution in [1.82, 2.24) is 0 Å². The van der Waals surface area contributed by atoms with Crippen LogP contribution in [0.1, 0.15) is 26.7 Å². The van der Waals surface area contributed by atoms with E-state index < -0.39 is 0 Å². The predicted octanol–water partition coefficient (Wildman–Crippen LogP) is 3.43. The monoisotopic (exact) mass is 208 g/mol. The molecule has 0 unspecified atom stereocenters. The molecule has 82 valence electrons. The average molecular weight is 208 g/mol. The molecule has 1 aromatic carbocycles. The van der Waals surface area contributed by atoms with Crippen LogP contribution < -0.4 is 4.90 Å². The molecule has 0 heterocycles. The van der Waals surface area contributed by atoms with Crippen LogP contribution in [0.2, 0.25) is 0 Å². The molecule has 0 aliphatic carbocycles. The molecule has 1 N–H and O–H groups in total. The van der Waals surface area contributed by atoms with Gasteiger partial charge in [-0.25, -0.2) is 4.39 Å². The molecule has 0 radical (unpaired) electrons. The summed E-state index contributed by atoms with van der Waals surface area (Å²) in [7, 11) is 0. The summed E-state index contributed by atoms with van der Waals surface area (Å²) in [6, 6.07) is 6.39. The maximum atomic E-state index is 13.0. The van der Waals surface area contributed by atoms with Gasteiger partial charge in [-0.15, -0.1) is 0 Å². The molecule has 0 aliphatic rings. The van der Waals surface area contributed by atoms with Crippen LogP contribution >= 0.6 is 0 Å². The normalized spacial score (nSPS) is 10.1. The summed E-state index contributed by atoms with van der Waals surface area (Å²) < 4.78 is 13.0. The van der Waals surface area contributed by atoms with Crippen molar-refractivity contribution in [3.63, 3.8) is 0 Å². The second-order valence-corrected chi connectivity index (χ2v) is 3.42. The van der Waals surface area contributed by atoms with Gasteiger partial charge in [-0.05, 0) is 31.5 Å². The fourth-order valence-electron chi connectivity index (χ4n) is 1.55. The summed E-state index contributed by atoms with van der Waals surface area (Å²) in [5.74, 6) is 0.292. The Morgan fingerprint density at radius 3 is 2.67 bits per heavy atom. The molecule has 1 aromatic rings. The molecule has 1 rings (SSSR count). The van der Waals surface area contributed by atoms with E-state index >= 15 is 0 Å². The zero-order valence-electron chi connectivity index (χ0n) is 9.26. The third kappa shape index (κ3) is 3.05. The molecule has 0 fully saturated rings. The Morgan fingerprint density at radius 2 is 2.13 bits per heavy atom. The molecule has 0 spiro atoms. The Morgan fingerprint density at radius 1 is 1.40 bits per heavy atom. The van der Waals surface area contributed by atoms with E-state index in [1.165, 1.54) is 12.1 Å². The van der Waals surface area contributed by atoms with Crippen LogP contribution in [0.4, 0.5) is 10.1 Å². The number of amidine groups is 1. The highest BCUT2D eigenvalue weighted by Crippen LogP contribution is 2.16. The van der Waals surface area contributed by atoms with Crippen molar-refractivity contribution >= 4 is 11.5 Å². The summed E-state index contributed by atoms with van der Waals surface area (Å²) >= 11 is 0. The van der Waals surface area contributed by atoms with Gasteiger partial charge in [-0.1, -0.05) is 13.0 Å². The van der Waals surface area contributed by atoms with Crippen molar-refractivity contribution in [3.8, 4) is 0 Å². The molecule has 3 heteroatoms. The van der Waals surface area contributed by atoms with Crippen molar-refractivity contribution in [1.29, 1.82) is 5.41 Å². The lowest BCUT2D eigenvalue weighted by molar-refractivity contribution is 0.627. The van der Waals surface area contributed by atoms with Gasteiger partial charge in [0.1, 0.15) is 11.7 Å². The minimum atomic E-state index is -0.254. The number of hydrogen-bond donors (Lipinski definition) is 1. The van der Waals surface area contributed by atoms with Crippen LogP contribution in [0.3, 0.4) is 0 Å². The number of rotatable bonds is 4. The van der Waals surface area contributed by atoms with E-state index in [2.05, 4.69) is 0 Å². The van der Waals surface area contributed by atoms with Crippen LogP contribution in [0.15, 0.2) is 24.3 Å². The number of nitrogens with zero attached hydrogens (tertiary/aromatic N) is 1. The zero-order chi connectivity index (χ0) is 11.3. The van der Waals surface area contributed by atoms with Crippen molar-refractivity contribution in [3.05, 3.63) is 30.1 Å². The van der Waals surface area contributed by atoms with Crippen LogP contribution in [0, 0.1) is 11.2 Å². The molecule has 0 amide bonds. The smallest absolute Gasteiger partial charge is 0.125 e. The van der Waals surface area contributed by atoms with Gasteiger partial charge in [-0.3, -0.25) is 5.41 Å². The molecular weight excluding hydrogens is 191 g/mol. The molecule has 15 heavy (non-hydrogen) atoms. The second kappa shape index (κ2) is 5.49. The number of anilines is 1. The van der Waals surface area contributed by atoms with E-state index in [1.54, 1.807) is 6.07 Å². The molecule has 0 aliphatic heterocycles. The number of benzene rings is 1. The molecule has 0 saturated heterocycles. The minimum absolute atomic E-state index is 0.254. The lowest BCUT2D eigenvalue weighted by Gasteiger charge is -2.23. The van der Waals surface area contributed by atoms with Crippen molar-refractivity contribution in [2.45, 2.75) is 26.7 Å². The minimum Gasteiger partial charge on any atom is -0.331 e. The van der Waals surface area contributed by atoms with Crippen molar-refractivity contribution < 1.29 is 4.39 Å². The standard InChI is InChI=1S/C12H17FN2/c1-3-6-12(14)15(4-2)11-8-5-7-10(13)9-11/h5,7-9,14H,3-4,6H2,1-2H3. The fourth-order valence-corrected chi connectivity index (χ4v) is 1.55. The second-order valence-electron chi connectivity index (χ2n) is 3.42. The first kappa shape index (κ1) is 11.7. The van der Waals surface area contributed by atoms with E-state index in [-0.39, 0.29) is 5.82 Å². The Balaban J connectivity index is 2.87. The van der Waals surface area contributed by atoms with Crippen LogP contribution in [0.25, 0.3) is 0 Å². The van der Waals surface area contributed by atoms with E-state index in [1.807, 2.05) is 24.8 Å². The summed E-state index contributed by atoms with van der Waals surface area (Å²) in [4.78, 5) is 1.83. The summed E-state index contributed by atoms with van der Waals surface area (Å²) in [6.45, 7) is 4.70.